The minimum Gasteiger partial charge on any atom is -0.273 e. The Labute approximate surface area is 164 Å². The van der Waals surface area contributed by atoms with Gasteiger partial charge in [-0.25, -0.2) is 4.79 Å². The van der Waals surface area contributed by atoms with Gasteiger partial charge in [-0.3, -0.25) is 29.9 Å². The lowest BCUT2D eigenvalue weighted by Crippen LogP contribution is -2.52. The van der Waals surface area contributed by atoms with Crippen LogP contribution in [0, 0.1) is 0 Å². The van der Waals surface area contributed by atoms with E-state index in [4.69, 9.17) is 12.2 Å². The molecule has 9 heteroatoms. The zero-order chi connectivity index (χ0) is 19.6. The minimum absolute atomic E-state index is 0.184. The molecule has 3 rings (SSSR count). The lowest BCUT2D eigenvalue weighted by atomic mass is 10.1. The van der Waals surface area contributed by atoms with E-state index in [-0.39, 0.29) is 9.89 Å². The first-order valence-electron chi connectivity index (χ1n) is 7.74. The fourth-order valence-corrected chi connectivity index (χ4v) is 3.63. The molecule has 2 N–H and O–H groups in total. The molecule has 2 saturated heterocycles. The lowest BCUT2D eigenvalue weighted by Gasteiger charge is -2.16. The van der Waals surface area contributed by atoms with E-state index in [0.29, 0.717) is 4.91 Å². The smallest absolute Gasteiger partial charge is 0.273 e. The van der Waals surface area contributed by atoms with E-state index >= 15 is 0 Å². The summed E-state index contributed by atoms with van der Waals surface area (Å²) >= 11 is 6.24. The van der Waals surface area contributed by atoms with Crippen molar-refractivity contribution in [1.29, 1.82) is 0 Å². The molecule has 7 nitrogen and oxygen atoms in total. The maximum atomic E-state index is 12.6. The van der Waals surface area contributed by atoms with Crippen molar-refractivity contribution in [3.8, 4) is 0 Å². The predicted octanol–water partition coefficient (Wildman–Crippen LogP) is 2.08. The molecular formula is C18H13N3O4S2. The topological polar surface area (TPSA) is 95.6 Å². The SMILES string of the molecule is CC(=C\c1ccccc1)/C=C1/SC(=S)N(C=C2C(=O)NC(=O)NC2=O)C1=O. The number of barbiturate groups is 1. The van der Waals surface area contributed by atoms with E-state index in [1.807, 2.05) is 54.0 Å². The Hall–Kier alpha value is -3.04. The molecule has 27 heavy (non-hydrogen) atoms. The summed E-state index contributed by atoms with van der Waals surface area (Å²) in [6.45, 7) is 1.85. The molecule has 2 fully saturated rings. The second-order valence-corrected chi connectivity index (χ2v) is 7.31. The van der Waals surface area contributed by atoms with E-state index in [0.717, 1.165) is 34.0 Å². The van der Waals surface area contributed by atoms with Crippen molar-refractivity contribution in [2.24, 2.45) is 0 Å². The third-order valence-corrected chi connectivity index (χ3v) is 4.91. The number of nitrogens with one attached hydrogen (secondary N) is 2. The van der Waals surface area contributed by atoms with Gasteiger partial charge in [0.25, 0.3) is 17.7 Å². The lowest BCUT2D eigenvalue weighted by molar-refractivity contribution is -0.124. The summed E-state index contributed by atoms with van der Waals surface area (Å²) in [4.78, 5) is 48.7. The molecule has 1 aromatic rings. The fourth-order valence-electron chi connectivity index (χ4n) is 2.37. The fraction of sp³-hybridized carbons (Fsp3) is 0.0556. The third-order valence-electron chi connectivity index (χ3n) is 3.58. The molecule has 0 unspecified atom stereocenters. The van der Waals surface area contributed by atoms with Crippen LogP contribution in [0.15, 0.2) is 58.7 Å². The number of nitrogens with zero attached hydrogens (tertiary/aromatic N) is 1. The number of benzene rings is 1. The highest BCUT2D eigenvalue weighted by Crippen LogP contribution is 2.32. The minimum atomic E-state index is -0.908. The van der Waals surface area contributed by atoms with Crippen LogP contribution in [0.1, 0.15) is 12.5 Å². The third kappa shape index (κ3) is 4.21. The van der Waals surface area contributed by atoms with Crippen molar-refractivity contribution in [2.45, 2.75) is 6.92 Å². The zero-order valence-electron chi connectivity index (χ0n) is 14.0. The summed E-state index contributed by atoms with van der Waals surface area (Å²) in [5.74, 6) is -2.22. The summed E-state index contributed by atoms with van der Waals surface area (Å²) in [5.41, 5.74) is 1.46. The second-order valence-electron chi connectivity index (χ2n) is 5.63. The monoisotopic (exact) mass is 399 g/mol. The van der Waals surface area contributed by atoms with Gasteiger partial charge in [-0.15, -0.1) is 0 Å². The molecule has 5 amide bonds. The van der Waals surface area contributed by atoms with Gasteiger partial charge in [-0.05, 0) is 24.1 Å². The van der Waals surface area contributed by atoms with Gasteiger partial charge in [0.15, 0.2) is 4.32 Å². The van der Waals surface area contributed by atoms with E-state index in [1.165, 1.54) is 0 Å². The number of thioether (sulfide) groups is 1. The maximum Gasteiger partial charge on any atom is 0.328 e. The van der Waals surface area contributed by atoms with Crippen LogP contribution in [0.3, 0.4) is 0 Å². The number of carbonyl (C=O) groups is 4. The molecule has 136 valence electrons. The Bertz CT molecular complexity index is 942. The highest BCUT2D eigenvalue weighted by molar-refractivity contribution is 8.26. The number of hydrogen-bond acceptors (Lipinski definition) is 6. The van der Waals surface area contributed by atoms with Crippen LogP contribution in [0.2, 0.25) is 0 Å². The number of imide groups is 2. The Morgan fingerprint density at radius 2 is 1.70 bits per heavy atom. The molecule has 0 spiro atoms. The summed E-state index contributed by atoms with van der Waals surface area (Å²) in [6, 6.07) is 8.71. The Kier molecular flexibility index (Phi) is 5.33. The normalized spacial score (nSPS) is 19.5. The highest BCUT2D eigenvalue weighted by Gasteiger charge is 2.35. The number of thiocarbonyl (C=S) groups is 1. The molecule has 0 atom stereocenters. The predicted molar refractivity (Wildman–Crippen MR) is 105 cm³/mol. The van der Waals surface area contributed by atoms with Gasteiger partial charge >= 0.3 is 6.03 Å². The molecule has 0 saturated carbocycles. The standard InChI is InChI=1S/C18H13N3O4S2/c1-10(7-11-5-3-2-4-6-11)8-13-16(24)21(18(26)27-13)9-12-14(22)19-17(25)20-15(12)23/h2-9H,1H3,(H2,19,20,22,23,25)/b10-7+,13-8+. The Balaban J connectivity index is 1.84. The van der Waals surface area contributed by atoms with Crippen LogP contribution in [-0.2, 0) is 14.4 Å². The van der Waals surface area contributed by atoms with Gasteiger partial charge in [0.05, 0.1) is 4.91 Å². The number of allylic oxidation sites excluding steroid dienone is 2. The Morgan fingerprint density at radius 3 is 2.33 bits per heavy atom. The molecule has 2 aliphatic heterocycles. The molecular weight excluding hydrogens is 386 g/mol. The number of carbonyl (C=O) groups excluding carboxylic acids is 4. The summed E-state index contributed by atoms with van der Waals surface area (Å²) in [7, 11) is 0. The molecule has 1 aromatic carbocycles. The summed E-state index contributed by atoms with van der Waals surface area (Å²) in [5, 5.41) is 3.89. The van der Waals surface area contributed by atoms with Gasteiger partial charge in [0.2, 0.25) is 0 Å². The van der Waals surface area contributed by atoms with Crippen LogP contribution >= 0.6 is 24.0 Å². The summed E-state index contributed by atoms with van der Waals surface area (Å²) < 4.78 is 0.184. The van der Waals surface area contributed by atoms with Crippen LogP contribution in [-0.4, -0.2) is 33.0 Å². The average Bonchev–Trinajstić information content (AvgIpc) is 2.85. The van der Waals surface area contributed by atoms with Crippen molar-refractivity contribution < 1.29 is 19.2 Å². The van der Waals surface area contributed by atoms with Gasteiger partial charge in [-0.2, -0.15) is 0 Å². The molecule has 2 heterocycles. The van der Waals surface area contributed by atoms with Crippen molar-refractivity contribution >= 4 is 58.1 Å². The first-order chi connectivity index (χ1) is 12.8. The highest BCUT2D eigenvalue weighted by atomic mass is 32.2. The zero-order valence-corrected chi connectivity index (χ0v) is 15.6. The second kappa shape index (κ2) is 7.68. The molecule has 0 aliphatic carbocycles. The Morgan fingerprint density at radius 1 is 1.07 bits per heavy atom. The van der Waals surface area contributed by atoms with Crippen LogP contribution < -0.4 is 10.6 Å². The van der Waals surface area contributed by atoms with Gasteiger partial charge in [0, 0.05) is 6.20 Å². The van der Waals surface area contributed by atoms with Gasteiger partial charge in [0.1, 0.15) is 5.57 Å². The van der Waals surface area contributed by atoms with Crippen LogP contribution in [0.5, 0.6) is 0 Å². The maximum absolute atomic E-state index is 12.6. The van der Waals surface area contributed by atoms with Crippen molar-refractivity contribution in [2.75, 3.05) is 0 Å². The van der Waals surface area contributed by atoms with Gasteiger partial charge < -0.3 is 0 Å². The van der Waals surface area contributed by atoms with E-state index in [9.17, 15) is 19.2 Å². The number of amides is 5. The first-order valence-corrected chi connectivity index (χ1v) is 8.96. The van der Waals surface area contributed by atoms with E-state index < -0.39 is 23.8 Å². The van der Waals surface area contributed by atoms with Crippen molar-refractivity contribution in [3.63, 3.8) is 0 Å². The first kappa shape index (κ1) is 18.7. The molecule has 0 bridgehead atoms. The van der Waals surface area contributed by atoms with Crippen LogP contribution in [0.4, 0.5) is 4.79 Å². The molecule has 2 aliphatic rings. The van der Waals surface area contributed by atoms with Gasteiger partial charge in [-0.1, -0.05) is 60.4 Å². The quantitative estimate of drug-likeness (QED) is 0.459. The average molecular weight is 399 g/mol. The number of urea groups is 1. The summed E-state index contributed by atoms with van der Waals surface area (Å²) in [6.07, 6.45) is 4.65. The largest absolute Gasteiger partial charge is 0.328 e. The molecule has 0 radical (unpaired) electrons. The molecule has 0 aromatic heterocycles. The van der Waals surface area contributed by atoms with E-state index in [2.05, 4.69) is 0 Å². The van der Waals surface area contributed by atoms with Crippen molar-refractivity contribution in [1.82, 2.24) is 15.5 Å². The van der Waals surface area contributed by atoms with E-state index in [1.54, 1.807) is 6.08 Å². The number of hydrogen-bond donors (Lipinski definition) is 2. The van der Waals surface area contributed by atoms with Crippen LogP contribution in [0.25, 0.3) is 6.08 Å². The van der Waals surface area contributed by atoms with Crippen molar-refractivity contribution in [3.05, 3.63) is 64.2 Å². The number of rotatable bonds is 3.